The summed E-state index contributed by atoms with van der Waals surface area (Å²) in [5.41, 5.74) is 5.63. The number of aromatic nitrogens is 1. The summed E-state index contributed by atoms with van der Waals surface area (Å²) in [4.78, 5) is 30.0. The van der Waals surface area contributed by atoms with Crippen LogP contribution in [-0.2, 0) is 11.3 Å². The highest BCUT2D eigenvalue weighted by molar-refractivity contribution is 5.95. The van der Waals surface area contributed by atoms with Gasteiger partial charge in [-0.25, -0.2) is 0 Å². The molecule has 0 aliphatic rings. The maximum Gasteiger partial charge on any atom is 0.251 e. The number of anilines is 1. The molecule has 2 aromatic carbocycles. The molecule has 1 N–H and O–H groups in total. The van der Waals surface area contributed by atoms with Crippen molar-refractivity contribution in [2.24, 2.45) is 0 Å². The molecule has 2 amide bonds. The second-order valence-electron chi connectivity index (χ2n) is 6.92. The van der Waals surface area contributed by atoms with Crippen molar-refractivity contribution < 1.29 is 9.59 Å². The van der Waals surface area contributed by atoms with Crippen LogP contribution in [0.15, 0.2) is 67.0 Å². The summed E-state index contributed by atoms with van der Waals surface area (Å²) < 4.78 is 0. The zero-order valence-electron chi connectivity index (χ0n) is 17.0. The summed E-state index contributed by atoms with van der Waals surface area (Å²) in [5, 5.41) is 2.93. The van der Waals surface area contributed by atoms with Gasteiger partial charge in [-0.05, 0) is 59.5 Å². The van der Waals surface area contributed by atoms with Gasteiger partial charge in [-0.1, -0.05) is 31.2 Å². The summed E-state index contributed by atoms with van der Waals surface area (Å²) in [7, 11) is 1.78. The molecule has 5 heteroatoms. The molecule has 1 heterocycles. The lowest BCUT2D eigenvalue weighted by Gasteiger charge is -2.16. The van der Waals surface area contributed by atoms with E-state index in [-0.39, 0.29) is 11.8 Å². The average Bonchev–Trinajstić information content (AvgIpc) is 2.77. The van der Waals surface area contributed by atoms with Crippen molar-refractivity contribution in [3.05, 3.63) is 83.7 Å². The van der Waals surface area contributed by atoms with E-state index < -0.39 is 0 Å². The van der Waals surface area contributed by atoms with Crippen molar-refractivity contribution in [3.8, 4) is 11.1 Å². The largest absolute Gasteiger partial charge is 0.348 e. The summed E-state index contributed by atoms with van der Waals surface area (Å²) in [6.07, 6.45) is 3.99. The van der Waals surface area contributed by atoms with Crippen LogP contribution < -0.4 is 10.2 Å². The number of carbonyl (C=O) groups is 2. The Balaban J connectivity index is 1.66. The minimum atomic E-state index is -0.116. The van der Waals surface area contributed by atoms with Crippen molar-refractivity contribution in [2.75, 3.05) is 11.9 Å². The van der Waals surface area contributed by atoms with Gasteiger partial charge in [-0.15, -0.1) is 0 Å². The molecule has 0 aliphatic carbocycles. The number of carbonyl (C=O) groups excluding carboxylic acids is 2. The van der Waals surface area contributed by atoms with Gasteiger partial charge in [0.1, 0.15) is 0 Å². The predicted molar refractivity (Wildman–Crippen MR) is 116 cm³/mol. The van der Waals surface area contributed by atoms with Gasteiger partial charge in [0.2, 0.25) is 5.91 Å². The fourth-order valence-electron chi connectivity index (χ4n) is 3.03. The lowest BCUT2D eigenvalue weighted by Crippen LogP contribution is -2.24. The molecule has 0 fully saturated rings. The first-order valence-electron chi connectivity index (χ1n) is 9.64. The van der Waals surface area contributed by atoms with Gasteiger partial charge < -0.3 is 10.2 Å². The standard InChI is InChI=1S/C24H25N3O2/c1-4-23(28)27(3)22-11-9-19(10-12-22)18-5-7-20(8-6-18)24(29)26-16-21-15-25-14-13-17(21)2/h5-15H,4,16H2,1-3H3,(H,26,29). The highest BCUT2D eigenvalue weighted by Crippen LogP contribution is 2.23. The zero-order chi connectivity index (χ0) is 20.8. The number of amides is 2. The van der Waals surface area contributed by atoms with Gasteiger partial charge in [-0.3, -0.25) is 14.6 Å². The molecule has 1 aromatic heterocycles. The fourth-order valence-corrected chi connectivity index (χ4v) is 3.03. The molecule has 0 saturated heterocycles. The number of hydrogen-bond donors (Lipinski definition) is 1. The lowest BCUT2D eigenvalue weighted by molar-refractivity contribution is -0.118. The van der Waals surface area contributed by atoms with Crippen LogP contribution in [-0.4, -0.2) is 23.8 Å². The maximum atomic E-state index is 12.4. The van der Waals surface area contributed by atoms with E-state index in [0.29, 0.717) is 18.5 Å². The Kier molecular flexibility index (Phi) is 6.39. The van der Waals surface area contributed by atoms with Crippen LogP contribution in [0, 0.1) is 6.92 Å². The van der Waals surface area contributed by atoms with E-state index >= 15 is 0 Å². The molecule has 5 nitrogen and oxygen atoms in total. The Bertz CT molecular complexity index is 995. The van der Waals surface area contributed by atoms with Crippen molar-refractivity contribution in [2.45, 2.75) is 26.8 Å². The lowest BCUT2D eigenvalue weighted by atomic mass is 10.0. The SMILES string of the molecule is CCC(=O)N(C)c1ccc(-c2ccc(C(=O)NCc3cnccc3C)cc2)cc1. The maximum absolute atomic E-state index is 12.4. The topological polar surface area (TPSA) is 62.3 Å². The van der Waals surface area contributed by atoms with Crippen LogP contribution in [0.3, 0.4) is 0 Å². The number of benzene rings is 2. The molecule has 148 valence electrons. The van der Waals surface area contributed by atoms with Gasteiger partial charge in [0.05, 0.1) is 0 Å². The molecule has 0 bridgehead atoms. The Morgan fingerprint density at radius 1 is 0.966 bits per heavy atom. The van der Waals surface area contributed by atoms with E-state index in [4.69, 9.17) is 0 Å². The second-order valence-corrected chi connectivity index (χ2v) is 6.92. The van der Waals surface area contributed by atoms with Gasteiger partial charge >= 0.3 is 0 Å². The van der Waals surface area contributed by atoms with Gasteiger partial charge in [0.15, 0.2) is 0 Å². The van der Waals surface area contributed by atoms with Gasteiger partial charge in [0, 0.05) is 43.7 Å². The van der Waals surface area contributed by atoms with Crippen molar-refractivity contribution >= 4 is 17.5 Å². The molecule has 0 atom stereocenters. The Morgan fingerprint density at radius 3 is 2.17 bits per heavy atom. The van der Waals surface area contributed by atoms with Crippen LogP contribution in [0.1, 0.15) is 34.8 Å². The van der Waals surface area contributed by atoms with Crippen molar-refractivity contribution in [1.29, 1.82) is 0 Å². The quantitative estimate of drug-likeness (QED) is 0.684. The predicted octanol–water partition coefficient (Wildman–Crippen LogP) is 4.36. The minimum absolute atomic E-state index is 0.0783. The average molecular weight is 387 g/mol. The third-order valence-electron chi connectivity index (χ3n) is 5.00. The zero-order valence-corrected chi connectivity index (χ0v) is 17.0. The molecule has 0 aliphatic heterocycles. The Hall–Kier alpha value is -3.47. The number of aryl methyl sites for hydroxylation is 1. The number of rotatable bonds is 6. The fraction of sp³-hybridized carbons (Fsp3) is 0.208. The highest BCUT2D eigenvalue weighted by Gasteiger charge is 2.10. The summed E-state index contributed by atoms with van der Waals surface area (Å²) >= 11 is 0. The van der Waals surface area contributed by atoms with Crippen molar-refractivity contribution in [3.63, 3.8) is 0 Å². The van der Waals surface area contributed by atoms with E-state index in [1.165, 1.54) is 0 Å². The van der Waals surface area contributed by atoms with Crippen LogP contribution in [0.4, 0.5) is 5.69 Å². The Morgan fingerprint density at radius 2 is 1.59 bits per heavy atom. The van der Waals surface area contributed by atoms with Crippen LogP contribution in [0.25, 0.3) is 11.1 Å². The smallest absolute Gasteiger partial charge is 0.251 e. The minimum Gasteiger partial charge on any atom is -0.348 e. The molecule has 3 aromatic rings. The first-order valence-corrected chi connectivity index (χ1v) is 9.64. The first kappa shape index (κ1) is 20.3. The second kappa shape index (κ2) is 9.15. The van der Waals surface area contributed by atoms with Gasteiger partial charge in [0.25, 0.3) is 5.91 Å². The normalized spacial score (nSPS) is 10.4. The molecule has 0 spiro atoms. The molecule has 0 unspecified atom stereocenters. The third kappa shape index (κ3) is 4.88. The summed E-state index contributed by atoms with van der Waals surface area (Å²) in [5.74, 6) is -0.0375. The number of pyridine rings is 1. The van der Waals surface area contributed by atoms with E-state index in [0.717, 1.165) is 27.9 Å². The molecule has 3 rings (SSSR count). The van der Waals surface area contributed by atoms with E-state index in [1.54, 1.807) is 24.3 Å². The first-order chi connectivity index (χ1) is 14.0. The number of nitrogens with one attached hydrogen (secondary N) is 1. The van der Waals surface area contributed by atoms with Crippen LogP contribution >= 0.6 is 0 Å². The summed E-state index contributed by atoms with van der Waals surface area (Å²) in [6, 6.07) is 17.3. The van der Waals surface area contributed by atoms with E-state index in [9.17, 15) is 9.59 Å². The Labute approximate surface area is 171 Å². The highest BCUT2D eigenvalue weighted by atomic mass is 16.2. The molecule has 0 saturated carbocycles. The van der Waals surface area contributed by atoms with Crippen LogP contribution in [0.5, 0.6) is 0 Å². The van der Waals surface area contributed by atoms with Crippen LogP contribution in [0.2, 0.25) is 0 Å². The molecular formula is C24H25N3O2. The third-order valence-corrected chi connectivity index (χ3v) is 5.00. The van der Waals surface area contributed by atoms with E-state index in [1.807, 2.05) is 68.4 Å². The van der Waals surface area contributed by atoms with Crippen molar-refractivity contribution in [1.82, 2.24) is 10.3 Å². The number of hydrogen-bond acceptors (Lipinski definition) is 3. The molecule has 0 radical (unpaired) electrons. The molecule has 29 heavy (non-hydrogen) atoms. The number of nitrogens with zero attached hydrogens (tertiary/aromatic N) is 2. The summed E-state index contributed by atoms with van der Waals surface area (Å²) in [6.45, 7) is 4.30. The molecular weight excluding hydrogens is 362 g/mol. The van der Waals surface area contributed by atoms with Gasteiger partial charge in [-0.2, -0.15) is 0 Å². The van der Waals surface area contributed by atoms with E-state index in [2.05, 4.69) is 10.3 Å². The monoisotopic (exact) mass is 387 g/mol.